The van der Waals surface area contributed by atoms with Gasteiger partial charge in [-0.25, -0.2) is 0 Å². The fraction of sp³-hybridized carbons (Fsp3) is 0.500. The van der Waals surface area contributed by atoms with Crippen LogP contribution in [0.25, 0.3) is 0 Å². The largest absolute Gasteiger partial charge is 0.151 e. The average Bonchev–Trinajstić information content (AvgIpc) is 2.33. The monoisotopic (exact) mass is 252 g/mol. The van der Waals surface area contributed by atoms with Crippen molar-refractivity contribution in [2.75, 3.05) is 0 Å². The molecule has 0 radical (unpaired) electrons. The van der Waals surface area contributed by atoms with E-state index in [4.69, 9.17) is 11.6 Å². The van der Waals surface area contributed by atoms with Crippen LogP contribution in [-0.2, 0) is 0 Å². The number of alkyl halides is 1. The van der Waals surface area contributed by atoms with E-state index < -0.39 is 0 Å². The summed E-state index contributed by atoms with van der Waals surface area (Å²) in [5.74, 6) is 0.488. The van der Waals surface area contributed by atoms with Crippen molar-refractivity contribution in [1.29, 1.82) is 0 Å². The Hall–Kier alpha value is 0.470. The van der Waals surface area contributed by atoms with Gasteiger partial charge in [0.1, 0.15) is 0 Å². The summed E-state index contributed by atoms with van der Waals surface area (Å²) in [6.07, 6.45) is 0. The van der Waals surface area contributed by atoms with Crippen molar-refractivity contribution in [3.63, 3.8) is 0 Å². The minimum absolute atomic E-state index is 0.135. The molecule has 0 aliphatic carbocycles. The van der Waals surface area contributed by atoms with Gasteiger partial charge in [0.2, 0.25) is 0 Å². The fourth-order valence-corrected chi connectivity index (χ4v) is 2.81. The van der Waals surface area contributed by atoms with E-state index in [9.17, 15) is 0 Å². The molecule has 0 N–H and O–H groups in total. The Kier molecular flexibility index (Phi) is 3.41. The van der Waals surface area contributed by atoms with Crippen LogP contribution >= 0.6 is 38.9 Å². The molecule has 0 saturated heterocycles. The topological polar surface area (TPSA) is 0 Å². The molecule has 0 bridgehead atoms. The Bertz CT molecular complexity index is 232. The van der Waals surface area contributed by atoms with Crippen molar-refractivity contribution < 1.29 is 0 Å². The first kappa shape index (κ1) is 9.56. The van der Waals surface area contributed by atoms with Gasteiger partial charge in [-0.15, -0.1) is 11.6 Å². The molecule has 0 saturated carbocycles. The second-order valence-electron chi connectivity index (χ2n) is 2.82. The molecule has 0 aromatic carbocycles. The van der Waals surface area contributed by atoms with Gasteiger partial charge in [0, 0.05) is 9.85 Å². The first-order chi connectivity index (χ1) is 5.13. The van der Waals surface area contributed by atoms with Crippen molar-refractivity contribution in [2.24, 2.45) is 5.92 Å². The Morgan fingerprint density at radius 3 is 2.45 bits per heavy atom. The Labute approximate surface area is 84.7 Å². The summed E-state index contributed by atoms with van der Waals surface area (Å²) in [6.45, 7) is 4.25. The van der Waals surface area contributed by atoms with Crippen molar-refractivity contribution >= 4 is 38.9 Å². The molecule has 1 unspecified atom stereocenters. The summed E-state index contributed by atoms with van der Waals surface area (Å²) in [7, 11) is 0. The van der Waals surface area contributed by atoms with Gasteiger partial charge < -0.3 is 0 Å². The molecular formula is C8H10BrClS. The third-order valence-electron chi connectivity index (χ3n) is 1.52. The normalized spacial score (nSPS) is 13.9. The Morgan fingerprint density at radius 1 is 1.45 bits per heavy atom. The standard InChI is InChI=1S/C8H10BrClS/c1-5(2)8(10)6-3-11-4-7(6)9/h3-5,8H,1-2H3. The summed E-state index contributed by atoms with van der Waals surface area (Å²) in [6, 6.07) is 0. The van der Waals surface area contributed by atoms with E-state index in [1.54, 1.807) is 11.3 Å². The minimum Gasteiger partial charge on any atom is -0.151 e. The maximum Gasteiger partial charge on any atom is 0.0627 e. The number of rotatable bonds is 2. The predicted octanol–water partition coefficient (Wildman–Crippen LogP) is 4.45. The molecule has 0 nitrogen and oxygen atoms in total. The summed E-state index contributed by atoms with van der Waals surface area (Å²) in [4.78, 5) is 0. The van der Waals surface area contributed by atoms with Crippen LogP contribution in [0.4, 0.5) is 0 Å². The zero-order chi connectivity index (χ0) is 8.43. The summed E-state index contributed by atoms with van der Waals surface area (Å²) in [5, 5.41) is 4.30. The zero-order valence-corrected chi connectivity index (χ0v) is 9.63. The van der Waals surface area contributed by atoms with Gasteiger partial charge in [-0.2, -0.15) is 11.3 Å². The average molecular weight is 254 g/mol. The molecule has 1 atom stereocenters. The van der Waals surface area contributed by atoms with E-state index in [-0.39, 0.29) is 5.38 Å². The second-order valence-corrected chi connectivity index (χ2v) is 4.89. The number of hydrogen-bond donors (Lipinski definition) is 0. The van der Waals surface area contributed by atoms with Crippen LogP contribution in [0.5, 0.6) is 0 Å². The highest BCUT2D eigenvalue weighted by molar-refractivity contribution is 9.10. The lowest BCUT2D eigenvalue weighted by atomic mass is 10.1. The van der Waals surface area contributed by atoms with E-state index in [1.807, 2.05) is 0 Å². The third kappa shape index (κ3) is 2.20. The van der Waals surface area contributed by atoms with Gasteiger partial charge >= 0.3 is 0 Å². The molecule has 0 fully saturated rings. The van der Waals surface area contributed by atoms with Crippen LogP contribution in [0.3, 0.4) is 0 Å². The van der Waals surface area contributed by atoms with E-state index >= 15 is 0 Å². The van der Waals surface area contributed by atoms with Gasteiger partial charge in [0.15, 0.2) is 0 Å². The van der Waals surface area contributed by atoms with Crippen molar-refractivity contribution in [3.8, 4) is 0 Å². The van der Waals surface area contributed by atoms with Crippen molar-refractivity contribution in [1.82, 2.24) is 0 Å². The SMILES string of the molecule is CC(C)C(Cl)c1cscc1Br. The van der Waals surface area contributed by atoms with E-state index in [0.717, 1.165) is 4.47 Å². The van der Waals surface area contributed by atoms with Gasteiger partial charge in [0.05, 0.1) is 5.38 Å². The van der Waals surface area contributed by atoms with Gasteiger partial charge in [-0.3, -0.25) is 0 Å². The molecule has 1 rings (SSSR count). The van der Waals surface area contributed by atoms with Crippen LogP contribution in [0.1, 0.15) is 24.8 Å². The smallest absolute Gasteiger partial charge is 0.0627 e. The van der Waals surface area contributed by atoms with E-state index in [1.165, 1.54) is 5.56 Å². The first-order valence-electron chi connectivity index (χ1n) is 3.48. The lowest BCUT2D eigenvalue weighted by Crippen LogP contribution is -1.97. The predicted molar refractivity (Wildman–Crippen MR) is 55.5 cm³/mol. The fourth-order valence-electron chi connectivity index (χ4n) is 0.847. The highest BCUT2D eigenvalue weighted by Crippen LogP contribution is 2.35. The van der Waals surface area contributed by atoms with E-state index in [0.29, 0.717) is 5.92 Å². The molecule has 0 aliphatic heterocycles. The highest BCUT2D eigenvalue weighted by atomic mass is 79.9. The summed E-state index contributed by atoms with van der Waals surface area (Å²) >= 11 is 11.3. The molecule has 1 aromatic heterocycles. The molecule has 1 aromatic rings. The number of thiophene rings is 1. The lowest BCUT2D eigenvalue weighted by molar-refractivity contribution is 0.624. The third-order valence-corrected chi connectivity index (χ3v) is 4.02. The highest BCUT2D eigenvalue weighted by Gasteiger charge is 2.15. The molecule has 0 amide bonds. The molecule has 1 heterocycles. The molecule has 11 heavy (non-hydrogen) atoms. The molecule has 0 spiro atoms. The van der Waals surface area contributed by atoms with Crippen LogP contribution in [0, 0.1) is 5.92 Å². The molecule has 3 heteroatoms. The van der Waals surface area contributed by atoms with Crippen LogP contribution in [0.15, 0.2) is 15.2 Å². The number of hydrogen-bond acceptors (Lipinski definition) is 1. The van der Waals surface area contributed by atoms with Crippen molar-refractivity contribution in [3.05, 3.63) is 20.8 Å². The van der Waals surface area contributed by atoms with Crippen LogP contribution in [-0.4, -0.2) is 0 Å². The van der Waals surface area contributed by atoms with Crippen LogP contribution in [0.2, 0.25) is 0 Å². The maximum atomic E-state index is 6.16. The van der Waals surface area contributed by atoms with Gasteiger partial charge in [-0.1, -0.05) is 13.8 Å². The van der Waals surface area contributed by atoms with Gasteiger partial charge in [0.25, 0.3) is 0 Å². The van der Waals surface area contributed by atoms with Crippen LogP contribution < -0.4 is 0 Å². The van der Waals surface area contributed by atoms with E-state index in [2.05, 4.69) is 40.5 Å². The first-order valence-corrected chi connectivity index (χ1v) is 5.65. The Balaban J connectivity index is 2.84. The molecule has 0 aliphatic rings. The Morgan fingerprint density at radius 2 is 2.09 bits per heavy atom. The zero-order valence-electron chi connectivity index (χ0n) is 6.47. The molecular weight excluding hydrogens is 244 g/mol. The quantitative estimate of drug-likeness (QED) is 0.683. The lowest BCUT2D eigenvalue weighted by Gasteiger charge is -2.11. The van der Waals surface area contributed by atoms with Crippen molar-refractivity contribution in [2.45, 2.75) is 19.2 Å². The molecule has 62 valence electrons. The number of halogens is 2. The minimum atomic E-state index is 0.135. The summed E-state index contributed by atoms with van der Waals surface area (Å²) < 4.78 is 1.14. The summed E-state index contributed by atoms with van der Waals surface area (Å²) in [5.41, 5.74) is 1.21. The second kappa shape index (κ2) is 3.92. The maximum absolute atomic E-state index is 6.16. The van der Waals surface area contributed by atoms with Gasteiger partial charge in [-0.05, 0) is 32.8 Å².